The molecule has 0 fully saturated rings. The number of benzene rings is 3. The van der Waals surface area contributed by atoms with E-state index in [0.29, 0.717) is 11.4 Å². The largest absolute Gasteiger partial charge is 0.462 e. The maximum Gasteiger partial charge on any atom is 0.350 e. The summed E-state index contributed by atoms with van der Waals surface area (Å²) in [4.78, 5) is 50.8. The van der Waals surface area contributed by atoms with Gasteiger partial charge in [0.15, 0.2) is 10.8 Å². The molecule has 0 bridgehead atoms. The standard InChI is InChI=1S/C26H22N6O9S2/c1-3-41-25(34)23-15(2)27-26(42-23)30-43(39,40)19-11-9-18(10-12-19)29-24(33)16-13-20(31(35)36)22(21(14-16)32(37)38)28-17-7-5-4-6-8-17/h4-14,28H,3H2,1-2H3,(H,27,30)(H,29,33). The number of nitrogens with zero attached hydrogens (tertiary/aromatic N) is 3. The Morgan fingerprint density at radius 1 is 0.953 bits per heavy atom. The van der Waals surface area contributed by atoms with Crippen LogP contribution in [0.25, 0.3) is 0 Å². The molecule has 0 aliphatic rings. The van der Waals surface area contributed by atoms with E-state index in [9.17, 15) is 38.2 Å². The highest BCUT2D eigenvalue weighted by Crippen LogP contribution is 2.38. The Kier molecular flexibility index (Phi) is 8.96. The Hall–Kier alpha value is -5.42. The lowest BCUT2D eigenvalue weighted by Crippen LogP contribution is -2.15. The molecule has 0 saturated carbocycles. The van der Waals surface area contributed by atoms with Gasteiger partial charge in [0.25, 0.3) is 15.9 Å². The van der Waals surface area contributed by atoms with Crippen LogP contribution in [0.15, 0.2) is 71.6 Å². The van der Waals surface area contributed by atoms with Crippen LogP contribution in [0, 0.1) is 27.2 Å². The molecule has 1 amide bonds. The molecule has 43 heavy (non-hydrogen) atoms. The van der Waals surface area contributed by atoms with Crippen LogP contribution in [0.2, 0.25) is 0 Å². The minimum Gasteiger partial charge on any atom is -0.462 e. The van der Waals surface area contributed by atoms with Crippen molar-refractivity contribution in [3.63, 3.8) is 0 Å². The van der Waals surface area contributed by atoms with Crippen molar-refractivity contribution in [3.8, 4) is 0 Å². The van der Waals surface area contributed by atoms with Gasteiger partial charge in [0, 0.05) is 23.5 Å². The van der Waals surface area contributed by atoms with Crippen molar-refractivity contribution in [1.82, 2.24) is 4.98 Å². The average Bonchev–Trinajstić information content (AvgIpc) is 3.32. The SMILES string of the molecule is CCOC(=O)c1sc(NS(=O)(=O)c2ccc(NC(=O)c3cc([N+](=O)[O-])c(Nc4ccccc4)c([N+](=O)[O-])c3)cc2)nc1C. The molecule has 222 valence electrons. The van der Waals surface area contributed by atoms with Crippen molar-refractivity contribution in [2.24, 2.45) is 0 Å². The fraction of sp³-hybridized carbons (Fsp3) is 0.115. The highest BCUT2D eigenvalue weighted by Gasteiger charge is 2.29. The molecule has 3 aromatic carbocycles. The van der Waals surface area contributed by atoms with Crippen molar-refractivity contribution in [2.75, 3.05) is 22.0 Å². The number of para-hydroxylation sites is 1. The fourth-order valence-corrected chi connectivity index (χ4v) is 5.84. The molecular formula is C26H22N6O9S2. The van der Waals surface area contributed by atoms with Gasteiger partial charge in [-0.15, -0.1) is 0 Å². The van der Waals surface area contributed by atoms with Gasteiger partial charge in [-0.25, -0.2) is 18.2 Å². The van der Waals surface area contributed by atoms with Gasteiger partial charge in [-0.05, 0) is 50.2 Å². The molecular weight excluding hydrogens is 604 g/mol. The van der Waals surface area contributed by atoms with Crippen LogP contribution in [-0.4, -0.2) is 41.7 Å². The van der Waals surface area contributed by atoms with E-state index in [-0.39, 0.29) is 32.8 Å². The van der Waals surface area contributed by atoms with Gasteiger partial charge in [-0.3, -0.25) is 29.7 Å². The molecule has 1 aromatic heterocycles. The Labute approximate surface area is 247 Å². The smallest absolute Gasteiger partial charge is 0.350 e. The normalized spacial score (nSPS) is 10.9. The zero-order valence-electron chi connectivity index (χ0n) is 22.4. The molecule has 17 heteroatoms. The Morgan fingerprint density at radius 3 is 2.12 bits per heavy atom. The second-order valence-corrected chi connectivity index (χ2v) is 11.3. The van der Waals surface area contributed by atoms with E-state index in [1.165, 1.54) is 31.2 Å². The van der Waals surface area contributed by atoms with Crippen LogP contribution >= 0.6 is 11.3 Å². The number of rotatable bonds is 11. The maximum atomic E-state index is 12.9. The number of aryl methyl sites for hydroxylation is 1. The Morgan fingerprint density at radius 2 is 1.56 bits per heavy atom. The third-order valence-corrected chi connectivity index (χ3v) is 8.23. The number of carbonyl (C=O) groups excluding carboxylic acids is 2. The number of anilines is 4. The molecule has 0 aliphatic carbocycles. The minimum atomic E-state index is -4.14. The summed E-state index contributed by atoms with van der Waals surface area (Å²) in [5.41, 5.74) is -1.39. The van der Waals surface area contributed by atoms with Crippen LogP contribution in [-0.2, 0) is 14.8 Å². The summed E-state index contributed by atoms with van der Waals surface area (Å²) < 4.78 is 32.9. The van der Waals surface area contributed by atoms with E-state index in [0.717, 1.165) is 23.5 Å². The van der Waals surface area contributed by atoms with Gasteiger partial charge in [0.05, 0.1) is 32.6 Å². The first-order valence-electron chi connectivity index (χ1n) is 12.3. The van der Waals surface area contributed by atoms with E-state index in [4.69, 9.17) is 4.74 Å². The molecule has 0 saturated heterocycles. The van der Waals surface area contributed by atoms with E-state index < -0.39 is 48.8 Å². The second kappa shape index (κ2) is 12.6. The highest BCUT2D eigenvalue weighted by atomic mass is 32.2. The number of nitro groups is 2. The topological polar surface area (TPSA) is 213 Å². The summed E-state index contributed by atoms with van der Waals surface area (Å²) in [6.07, 6.45) is 0. The number of thiazole rings is 1. The lowest BCUT2D eigenvalue weighted by molar-refractivity contribution is -0.392. The van der Waals surface area contributed by atoms with Crippen LogP contribution in [0.3, 0.4) is 0 Å². The zero-order valence-corrected chi connectivity index (χ0v) is 24.0. The lowest BCUT2D eigenvalue weighted by Gasteiger charge is -2.11. The molecule has 1 heterocycles. The number of aromatic nitrogens is 1. The summed E-state index contributed by atoms with van der Waals surface area (Å²) in [5, 5.41) is 28.6. The molecule has 3 N–H and O–H groups in total. The number of hydrogen-bond donors (Lipinski definition) is 3. The number of carbonyl (C=O) groups is 2. The number of hydrogen-bond acceptors (Lipinski definition) is 12. The van der Waals surface area contributed by atoms with Crippen LogP contribution in [0.5, 0.6) is 0 Å². The predicted molar refractivity (Wildman–Crippen MR) is 157 cm³/mol. The van der Waals surface area contributed by atoms with Gasteiger partial charge < -0.3 is 15.4 Å². The predicted octanol–water partition coefficient (Wildman–Crippen LogP) is 5.24. The van der Waals surface area contributed by atoms with Gasteiger partial charge in [-0.1, -0.05) is 29.5 Å². The van der Waals surface area contributed by atoms with Crippen LogP contribution < -0.4 is 15.4 Å². The molecule has 0 atom stereocenters. The molecule has 0 radical (unpaired) electrons. The summed E-state index contributed by atoms with van der Waals surface area (Å²) in [7, 11) is -4.14. The Bertz CT molecular complexity index is 1790. The molecule has 4 rings (SSSR count). The van der Waals surface area contributed by atoms with Crippen LogP contribution in [0.4, 0.5) is 33.6 Å². The van der Waals surface area contributed by atoms with E-state index in [1.807, 2.05) is 0 Å². The first-order chi connectivity index (χ1) is 20.4. The molecule has 15 nitrogen and oxygen atoms in total. The monoisotopic (exact) mass is 626 g/mol. The van der Waals surface area contributed by atoms with Gasteiger partial charge >= 0.3 is 17.3 Å². The van der Waals surface area contributed by atoms with Crippen molar-refractivity contribution < 1.29 is 32.6 Å². The Balaban J connectivity index is 1.54. The van der Waals surface area contributed by atoms with Gasteiger partial charge in [-0.2, -0.15) is 0 Å². The third-order valence-electron chi connectivity index (χ3n) is 5.70. The number of sulfonamides is 1. The van der Waals surface area contributed by atoms with E-state index in [2.05, 4.69) is 20.3 Å². The molecule has 0 unspecified atom stereocenters. The summed E-state index contributed by atoms with van der Waals surface area (Å²) >= 11 is 0.812. The maximum absolute atomic E-state index is 12.9. The summed E-state index contributed by atoms with van der Waals surface area (Å²) in [6, 6.07) is 14.8. The highest BCUT2D eigenvalue weighted by molar-refractivity contribution is 7.93. The summed E-state index contributed by atoms with van der Waals surface area (Å²) in [5.74, 6) is -1.53. The summed E-state index contributed by atoms with van der Waals surface area (Å²) in [6.45, 7) is 3.32. The van der Waals surface area contributed by atoms with Crippen molar-refractivity contribution in [1.29, 1.82) is 0 Å². The zero-order chi connectivity index (χ0) is 31.3. The number of amides is 1. The van der Waals surface area contributed by atoms with Crippen LogP contribution in [0.1, 0.15) is 32.6 Å². The quantitative estimate of drug-likeness (QED) is 0.111. The van der Waals surface area contributed by atoms with Crippen molar-refractivity contribution in [3.05, 3.63) is 103 Å². The number of esters is 1. The van der Waals surface area contributed by atoms with Gasteiger partial charge in [0.2, 0.25) is 0 Å². The van der Waals surface area contributed by atoms with Crippen molar-refractivity contribution in [2.45, 2.75) is 18.7 Å². The van der Waals surface area contributed by atoms with E-state index >= 15 is 0 Å². The molecule has 0 aliphatic heterocycles. The minimum absolute atomic E-state index is 0.0497. The molecule has 4 aromatic rings. The fourth-order valence-electron chi connectivity index (χ4n) is 3.75. The average molecular weight is 627 g/mol. The number of nitrogens with one attached hydrogen (secondary N) is 3. The lowest BCUT2D eigenvalue weighted by atomic mass is 10.1. The van der Waals surface area contributed by atoms with Gasteiger partial charge in [0.1, 0.15) is 4.88 Å². The second-order valence-electron chi connectivity index (χ2n) is 8.63. The molecule has 0 spiro atoms. The first-order valence-corrected chi connectivity index (χ1v) is 14.6. The number of ether oxygens (including phenoxy) is 1. The number of nitro benzene ring substituents is 2. The third kappa shape index (κ3) is 7.08. The van der Waals surface area contributed by atoms with Crippen molar-refractivity contribution >= 4 is 66.8 Å². The first kappa shape index (κ1) is 30.5. The van der Waals surface area contributed by atoms with E-state index in [1.54, 1.807) is 37.3 Å².